The maximum atomic E-state index is 5.32. The van der Waals surface area contributed by atoms with Gasteiger partial charge in [-0.1, -0.05) is 0 Å². The van der Waals surface area contributed by atoms with Crippen LogP contribution in [0, 0.1) is 0 Å². The Morgan fingerprint density at radius 3 is 2.92 bits per heavy atom. The summed E-state index contributed by atoms with van der Waals surface area (Å²) < 4.78 is 6.57. The van der Waals surface area contributed by atoms with Gasteiger partial charge in [0.1, 0.15) is 16.8 Å². The van der Waals surface area contributed by atoms with E-state index in [9.17, 15) is 0 Å². The molecule has 68 valence electrons. The Labute approximate surface area is 81.0 Å². The van der Waals surface area contributed by atoms with Gasteiger partial charge < -0.3 is 4.74 Å². The van der Waals surface area contributed by atoms with E-state index < -0.39 is 0 Å². The summed E-state index contributed by atoms with van der Waals surface area (Å²) in [6.07, 6.45) is 0. The van der Waals surface area contributed by atoms with Crippen molar-refractivity contribution in [3.05, 3.63) is 18.2 Å². The first kappa shape index (κ1) is 8.37. The third kappa shape index (κ3) is 1.60. The van der Waals surface area contributed by atoms with Crippen molar-refractivity contribution in [1.82, 2.24) is 14.4 Å². The molecule has 0 spiro atoms. The van der Waals surface area contributed by atoms with E-state index in [-0.39, 0.29) is 0 Å². The third-order valence-electron chi connectivity index (χ3n) is 1.65. The molecule has 0 aliphatic rings. The highest BCUT2D eigenvalue weighted by molar-refractivity contribution is 7.78. The van der Waals surface area contributed by atoms with Gasteiger partial charge in [-0.3, -0.25) is 0 Å². The number of rotatable bonds is 2. The molecule has 0 N–H and O–H groups in total. The molecule has 2 rings (SSSR count). The number of benzene rings is 1. The van der Waals surface area contributed by atoms with Crippen LogP contribution in [0.2, 0.25) is 0 Å². The molecule has 0 fully saturated rings. The quantitative estimate of drug-likeness (QED) is 0.738. The van der Waals surface area contributed by atoms with E-state index in [1.165, 1.54) is 4.20 Å². The molecule has 0 bridgehead atoms. The molecule has 0 atom stereocenters. The number of aromatic nitrogens is 3. The van der Waals surface area contributed by atoms with E-state index in [2.05, 4.69) is 23.0 Å². The van der Waals surface area contributed by atoms with Crippen LogP contribution in [-0.2, 0) is 0 Å². The molecule has 5 heteroatoms. The number of nitrogens with zero attached hydrogens (tertiary/aromatic N) is 3. The molecule has 1 aromatic carbocycles. The van der Waals surface area contributed by atoms with Gasteiger partial charge in [0.25, 0.3) is 0 Å². The number of ether oxygens (including phenoxy) is 1. The van der Waals surface area contributed by atoms with Crippen molar-refractivity contribution in [3.8, 4) is 5.75 Å². The summed E-state index contributed by atoms with van der Waals surface area (Å²) >= 11 is 3.98. The van der Waals surface area contributed by atoms with Gasteiger partial charge in [0.2, 0.25) is 0 Å². The second-order valence-corrected chi connectivity index (χ2v) is 2.91. The topological polar surface area (TPSA) is 39.9 Å². The molecule has 0 amide bonds. The number of fused-ring (bicyclic) bond motifs is 1. The maximum absolute atomic E-state index is 5.32. The van der Waals surface area contributed by atoms with Crippen LogP contribution in [0.4, 0.5) is 0 Å². The van der Waals surface area contributed by atoms with Gasteiger partial charge >= 0.3 is 0 Å². The lowest BCUT2D eigenvalue weighted by atomic mass is 10.3. The molecule has 2 aromatic rings. The zero-order valence-electron chi connectivity index (χ0n) is 7.14. The van der Waals surface area contributed by atoms with Crippen LogP contribution in [0.3, 0.4) is 0 Å². The van der Waals surface area contributed by atoms with Crippen LogP contribution in [-0.4, -0.2) is 21.0 Å². The molecule has 0 saturated heterocycles. The Kier molecular flexibility index (Phi) is 2.10. The zero-order valence-corrected chi connectivity index (χ0v) is 8.03. The molecule has 0 aliphatic carbocycles. The molecular formula is C8H9N3OS. The molecule has 1 aromatic heterocycles. The summed E-state index contributed by atoms with van der Waals surface area (Å²) in [5.74, 6) is 0.809. The predicted octanol–water partition coefficient (Wildman–Crippen LogP) is 1.52. The summed E-state index contributed by atoms with van der Waals surface area (Å²) in [6.45, 7) is 2.60. The highest BCUT2D eigenvalue weighted by Gasteiger charge is 2.01. The van der Waals surface area contributed by atoms with Crippen LogP contribution in [0.25, 0.3) is 11.0 Å². The summed E-state index contributed by atoms with van der Waals surface area (Å²) in [6, 6.07) is 5.58. The lowest BCUT2D eigenvalue weighted by Crippen LogP contribution is -1.90. The van der Waals surface area contributed by atoms with E-state index in [0.717, 1.165) is 16.8 Å². The molecule has 13 heavy (non-hydrogen) atoms. The fourth-order valence-electron chi connectivity index (χ4n) is 1.14. The minimum Gasteiger partial charge on any atom is -0.494 e. The van der Waals surface area contributed by atoms with Gasteiger partial charge in [0.15, 0.2) is 0 Å². The van der Waals surface area contributed by atoms with Crippen LogP contribution in [0.15, 0.2) is 18.2 Å². The fraction of sp³-hybridized carbons (Fsp3) is 0.250. The Hall–Kier alpha value is -1.23. The fourth-order valence-corrected chi connectivity index (χ4v) is 1.33. The molecule has 4 nitrogen and oxygen atoms in total. The molecule has 0 aliphatic heterocycles. The molecule has 0 saturated carbocycles. The van der Waals surface area contributed by atoms with Gasteiger partial charge in [0.05, 0.1) is 6.61 Å². The van der Waals surface area contributed by atoms with Crippen molar-refractivity contribution in [3.63, 3.8) is 0 Å². The second kappa shape index (κ2) is 3.26. The van der Waals surface area contributed by atoms with Gasteiger partial charge in [-0.25, -0.2) is 0 Å². The van der Waals surface area contributed by atoms with Crippen LogP contribution in [0.5, 0.6) is 5.75 Å². The lowest BCUT2D eigenvalue weighted by molar-refractivity contribution is 0.340. The Morgan fingerprint density at radius 2 is 2.15 bits per heavy atom. The molecule has 1 heterocycles. The van der Waals surface area contributed by atoms with Crippen LogP contribution < -0.4 is 4.74 Å². The maximum Gasteiger partial charge on any atom is 0.121 e. The van der Waals surface area contributed by atoms with E-state index >= 15 is 0 Å². The molecular weight excluding hydrogens is 186 g/mol. The van der Waals surface area contributed by atoms with Gasteiger partial charge in [0, 0.05) is 6.07 Å². The van der Waals surface area contributed by atoms with E-state index in [1.807, 2.05) is 25.1 Å². The normalized spacial score (nSPS) is 10.6. The average Bonchev–Trinajstić information content (AvgIpc) is 2.44. The Balaban J connectivity index is 2.48. The number of hydrogen-bond donors (Lipinski definition) is 1. The second-order valence-electron chi connectivity index (χ2n) is 2.55. The van der Waals surface area contributed by atoms with Crippen LogP contribution >= 0.6 is 12.8 Å². The summed E-state index contributed by atoms with van der Waals surface area (Å²) in [5, 5.41) is 8.07. The van der Waals surface area contributed by atoms with Crippen molar-refractivity contribution in [2.75, 3.05) is 6.61 Å². The van der Waals surface area contributed by atoms with E-state index in [4.69, 9.17) is 4.74 Å². The first-order valence-electron chi connectivity index (χ1n) is 3.99. The number of hydrogen-bond acceptors (Lipinski definition) is 4. The zero-order chi connectivity index (χ0) is 9.26. The van der Waals surface area contributed by atoms with Gasteiger partial charge in [-0.2, -0.15) is 0 Å². The van der Waals surface area contributed by atoms with Crippen molar-refractivity contribution in [2.24, 2.45) is 0 Å². The van der Waals surface area contributed by atoms with Gasteiger partial charge in [-0.15, -0.1) is 14.4 Å². The van der Waals surface area contributed by atoms with Crippen LogP contribution in [0.1, 0.15) is 6.92 Å². The Morgan fingerprint density at radius 1 is 1.38 bits per heavy atom. The van der Waals surface area contributed by atoms with Crippen molar-refractivity contribution < 1.29 is 4.74 Å². The Bertz CT molecular complexity index is 426. The summed E-state index contributed by atoms with van der Waals surface area (Å²) in [4.78, 5) is 0. The van der Waals surface area contributed by atoms with Crippen molar-refractivity contribution in [2.45, 2.75) is 6.92 Å². The third-order valence-corrected chi connectivity index (χ3v) is 1.83. The smallest absolute Gasteiger partial charge is 0.121 e. The first-order chi connectivity index (χ1) is 6.29. The average molecular weight is 195 g/mol. The first-order valence-corrected chi connectivity index (χ1v) is 4.39. The minimum atomic E-state index is 0.653. The minimum absolute atomic E-state index is 0.653. The predicted molar refractivity (Wildman–Crippen MR) is 53.1 cm³/mol. The number of thiol groups is 1. The lowest BCUT2D eigenvalue weighted by Gasteiger charge is -2.00. The monoisotopic (exact) mass is 195 g/mol. The summed E-state index contributed by atoms with van der Waals surface area (Å²) in [7, 11) is 0. The molecule has 0 radical (unpaired) electrons. The van der Waals surface area contributed by atoms with Crippen molar-refractivity contribution in [1.29, 1.82) is 0 Å². The van der Waals surface area contributed by atoms with E-state index in [0.29, 0.717) is 6.61 Å². The SMILES string of the molecule is CCOc1ccc2nn(S)nc2c1. The highest BCUT2D eigenvalue weighted by Crippen LogP contribution is 2.17. The largest absolute Gasteiger partial charge is 0.494 e. The molecule has 0 unspecified atom stereocenters. The standard InChI is InChI=1S/C8H9N3OS/c1-2-12-6-3-4-7-8(5-6)10-11(13)9-7/h3-5,13H,2H2,1H3. The van der Waals surface area contributed by atoms with Gasteiger partial charge in [-0.05, 0) is 31.9 Å². The van der Waals surface area contributed by atoms with E-state index in [1.54, 1.807) is 0 Å². The van der Waals surface area contributed by atoms with Crippen molar-refractivity contribution >= 4 is 23.8 Å². The summed E-state index contributed by atoms with van der Waals surface area (Å²) in [5.41, 5.74) is 1.61. The highest BCUT2D eigenvalue weighted by atomic mass is 32.1.